The number of carboxylic acids is 1. The molecule has 0 heterocycles. The highest BCUT2D eigenvalue weighted by molar-refractivity contribution is 9.10. The number of rotatable bonds is 5. The van der Waals surface area contributed by atoms with E-state index in [0.717, 1.165) is 29.3 Å². The Kier molecular flexibility index (Phi) is 4.38. The van der Waals surface area contributed by atoms with E-state index in [1.807, 2.05) is 24.3 Å². The van der Waals surface area contributed by atoms with Gasteiger partial charge in [0.1, 0.15) is 6.04 Å². The predicted octanol–water partition coefficient (Wildman–Crippen LogP) is 3.78. The highest BCUT2D eigenvalue weighted by Crippen LogP contribution is 2.60. The van der Waals surface area contributed by atoms with Crippen LogP contribution >= 0.6 is 15.9 Å². The van der Waals surface area contributed by atoms with E-state index in [1.165, 1.54) is 19.3 Å². The molecule has 0 aliphatic heterocycles. The van der Waals surface area contributed by atoms with Gasteiger partial charge in [0.2, 0.25) is 5.91 Å². The van der Waals surface area contributed by atoms with Gasteiger partial charge in [-0.25, -0.2) is 4.79 Å². The topological polar surface area (TPSA) is 66.4 Å². The fourth-order valence-electron chi connectivity index (χ4n) is 5.80. The van der Waals surface area contributed by atoms with Crippen molar-refractivity contribution < 1.29 is 14.7 Å². The van der Waals surface area contributed by atoms with Crippen LogP contribution in [-0.4, -0.2) is 23.0 Å². The van der Waals surface area contributed by atoms with Crippen molar-refractivity contribution in [3.8, 4) is 0 Å². The molecule has 4 bridgehead atoms. The molecule has 4 saturated carbocycles. The monoisotopic (exact) mass is 405 g/mol. The zero-order chi connectivity index (χ0) is 17.6. The molecule has 1 aromatic carbocycles. The first kappa shape index (κ1) is 17.1. The normalized spacial score (nSPS) is 33.9. The molecule has 0 aromatic heterocycles. The van der Waals surface area contributed by atoms with Crippen LogP contribution in [0, 0.1) is 23.2 Å². The van der Waals surface area contributed by atoms with Gasteiger partial charge in [0.05, 0.1) is 0 Å². The zero-order valence-electron chi connectivity index (χ0n) is 14.2. The van der Waals surface area contributed by atoms with Crippen molar-refractivity contribution in [3.63, 3.8) is 0 Å². The van der Waals surface area contributed by atoms with Gasteiger partial charge in [-0.15, -0.1) is 0 Å². The first-order valence-corrected chi connectivity index (χ1v) is 10.0. The molecule has 4 nitrogen and oxygen atoms in total. The largest absolute Gasteiger partial charge is 0.480 e. The number of carboxylic acid groups (broad SMARTS) is 1. The van der Waals surface area contributed by atoms with Crippen molar-refractivity contribution in [3.05, 3.63) is 34.3 Å². The van der Waals surface area contributed by atoms with Crippen LogP contribution < -0.4 is 5.32 Å². The first-order valence-electron chi connectivity index (χ1n) is 9.22. The maximum Gasteiger partial charge on any atom is 0.326 e. The molecular formula is C20H24BrNO3. The number of benzene rings is 1. The number of hydrogen-bond acceptors (Lipinski definition) is 2. The Hall–Kier alpha value is -1.36. The number of halogens is 1. The third kappa shape index (κ3) is 3.35. The van der Waals surface area contributed by atoms with Crippen LogP contribution in [0.1, 0.15) is 44.1 Å². The molecule has 5 rings (SSSR count). The summed E-state index contributed by atoms with van der Waals surface area (Å²) in [6.07, 6.45) is 6.98. The summed E-state index contributed by atoms with van der Waals surface area (Å²) in [4.78, 5) is 24.8. The minimum atomic E-state index is -0.960. The van der Waals surface area contributed by atoms with Crippen molar-refractivity contribution >= 4 is 27.8 Å². The molecule has 4 aliphatic carbocycles. The van der Waals surface area contributed by atoms with E-state index in [0.29, 0.717) is 24.2 Å². The number of aliphatic carboxylic acids is 1. The van der Waals surface area contributed by atoms with Gasteiger partial charge in [0.15, 0.2) is 0 Å². The molecular weight excluding hydrogens is 382 g/mol. The lowest BCUT2D eigenvalue weighted by Crippen LogP contribution is -2.56. The van der Waals surface area contributed by atoms with E-state index in [1.54, 1.807) is 0 Å². The summed E-state index contributed by atoms with van der Waals surface area (Å²) in [7, 11) is 0. The number of hydrogen-bond donors (Lipinski definition) is 2. The lowest BCUT2D eigenvalue weighted by Gasteiger charge is -2.55. The van der Waals surface area contributed by atoms with Gasteiger partial charge in [-0.2, -0.15) is 0 Å². The van der Waals surface area contributed by atoms with Crippen LogP contribution in [0.4, 0.5) is 0 Å². The third-order valence-electron chi connectivity index (χ3n) is 6.45. The van der Waals surface area contributed by atoms with E-state index in [9.17, 15) is 14.7 Å². The second kappa shape index (κ2) is 6.42. The summed E-state index contributed by atoms with van der Waals surface area (Å²) >= 11 is 3.41. The first-order chi connectivity index (χ1) is 11.9. The summed E-state index contributed by atoms with van der Waals surface area (Å²) in [5.41, 5.74) is 0.604. The van der Waals surface area contributed by atoms with Gasteiger partial charge in [0.25, 0.3) is 0 Å². The average molecular weight is 406 g/mol. The van der Waals surface area contributed by atoms with Crippen molar-refractivity contribution in [1.82, 2.24) is 5.32 Å². The summed E-state index contributed by atoms with van der Waals surface area (Å²) in [5, 5.41) is 12.5. The summed E-state index contributed by atoms with van der Waals surface area (Å²) in [5.74, 6) is 1.04. The molecule has 0 saturated heterocycles. The molecule has 1 aromatic rings. The van der Waals surface area contributed by atoms with E-state index in [-0.39, 0.29) is 11.3 Å². The Labute approximate surface area is 156 Å². The highest BCUT2D eigenvalue weighted by atomic mass is 79.9. The van der Waals surface area contributed by atoms with Crippen LogP contribution in [0.15, 0.2) is 28.7 Å². The van der Waals surface area contributed by atoms with Crippen LogP contribution in [0.25, 0.3) is 0 Å². The number of amides is 1. The molecule has 4 fully saturated rings. The van der Waals surface area contributed by atoms with Crippen LogP contribution in [0.2, 0.25) is 0 Å². The maximum absolute atomic E-state index is 13.1. The van der Waals surface area contributed by atoms with Gasteiger partial charge < -0.3 is 10.4 Å². The van der Waals surface area contributed by atoms with Gasteiger partial charge in [-0.05, 0) is 74.0 Å². The number of carbonyl (C=O) groups is 2. The Morgan fingerprint density at radius 3 is 2.28 bits per heavy atom. The second-order valence-corrected chi connectivity index (χ2v) is 9.31. The fourth-order valence-corrected chi connectivity index (χ4v) is 6.25. The minimum absolute atomic E-state index is 0.0194. The Balaban J connectivity index is 1.49. The van der Waals surface area contributed by atoms with Gasteiger partial charge in [-0.1, -0.05) is 28.1 Å². The number of carbonyl (C=O) groups excluding carboxylic acids is 1. The van der Waals surface area contributed by atoms with Gasteiger partial charge in [0, 0.05) is 16.3 Å². The lowest BCUT2D eigenvalue weighted by molar-refractivity contribution is -0.151. The SMILES string of the molecule is O=C(O)[C@@H](Cc1cccc(Br)c1)NC(=O)C12CC3CC(CC(C3)C1)C2. The molecule has 134 valence electrons. The van der Waals surface area contributed by atoms with E-state index in [4.69, 9.17) is 0 Å². The van der Waals surface area contributed by atoms with Crippen LogP contribution in [-0.2, 0) is 16.0 Å². The molecule has 5 heteroatoms. The smallest absolute Gasteiger partial charge is 0.326 e. The zero-order valence-corrected chi connectivity index (χ0v) is 15.8. The van der Waals surface area contributed by atoms with Crippen LogP contribution in [0.5, 0.6) is 0 Å². The van der Waals surface area contributed by atoms with Crippen molar-refractivity contribution in [2.45, 2.75) is 51.0 Å². The van der Waals surface area contributed by atoms with E-state index in [2.05, 4.69) is 21.2 Å². The lowest BCUT2D eigenvalue weighted by atomic mass is 9.49. The summed E-state index contributed by atoms with van der Waals surface area (Å²) in [6.45, 7) is 0. The molecule has 4 aliphatic rings. The predicted molar refractivity (Wildman–Crippen MR) is 98.0 cm³/mol. The highest BCUT2D eigenvalue weighted by Gasteiger charge is 2.54. The third-order valence-corrected chi connectivity index (χ3v) is 6.95. The van der Waals surface area contributed by atoms with Crippen molar-refractivity contribution in [2.75, 3.05) is 0 Å². The van der Waals surface area contributed by atoms with E-state index >= 15 is 0 Å². The molecule has 25 heavy (non-hydrogen) atoms. The standard InChI is InChI=1S/C20H24BrNO3/c21-16-3-1-2-12(7-16)8-17(18(23)24)22-19(25)20-9-13-4-14(10-20)6-15(5-13)11-20/h1-3,7,13-15,17H,4-6,8-11H2,(H,22,25)(H,23,24)/t13?,14?,15?,17-,20?/m1/s1. The molecule has 0 radical (unpaired) electrons. The van der Waals surface area contributed by atoms with Crippen molar-refractivity contribution in [2.24, 2.45) is 23.2 Å². The fraction of sp³-hybridized carbons (Fsp3) is 0.600. The average Bonchev–Trinajstić information content (AvgIpc) is 2.52. The summed E-state index contributed by atoms with van der Waals surface area (Å²) < 4.78 is 0.918. The van der Waals surface area contributed by atoms with Crippen molar-refractivity contribution in [1.29, 1.82) is 0 Å². The van der Waals surface area contributed by atoms with Crippen LogP contribution in [0.3, 0.4) is 0 Å². The molecule has 0 spiro atoms. The Morgan fingerprint density at radius 1 is 1.16 bits per heavy atom. The maximum atomic E-state index is 13.1. The molecule has 2 N–H and O–H groups in total. The molecule has 1 atom stereocenters. The minimum Gasteiger partial charge on any atom is -0.480 e. The summed E-state index contributed by atoms with van der Waals surface area (Å²) in [6, 6.07) is 6.74. The molecule has 0 unspecified atom stereocenters. The molecule has 1 amide bonds. The Bertz CT molecular complexity index is 667. The second-order valence-electron chi connectivity index (χ2n) is 8.40. The van der Waals surface area contributed by atoms with Gasteiger partial charge in [-0.3, -0.25) is 4.79 Å². The Morgan fingerprint density at radius 2 is 1.76 bits per heavy atom. The number of nitrogens with one attached hydrogen (secondary N) is 1. The van der Waals surface area contributed by atoms with E-state index < -0.39 is 12.0 Å². The van der Waals surface area contributed by atoms with Gasteiger partial charge >= 0.3 is 5.97 Å². The quantitative estimate of drug-likeness (QED) is 0.782.